The average Bonchev–Trinajstić information content (AvgIpc) is 2.88. The van der Waals surface area contributed by atoms with Gasteiger partial charge in [0.25, 0.3) is 5.22 Å². The smallest absolute Gasteiger partial charge is 0.316 e. The highest BCUT2D eigenvalue weighted by atomic mass is 35.5. The number of rotatable bonds is 5. The van der Waals surface area contributed by atoms with Crippen molar-refractivity contribution in [3.63, 3.8) is 0 Å². The fourth-order valence-corrected chi connectivity index (χ4v) is 2.24. The molecule has 0 atom stereocenters. The van der Waals surface area contributed by atoms with Crippen molar-refractivity contribution in [1.29, 1.82) is 0 Å². The number of carbonyl (C=O) groups excluding carboxylic acids is 1. The zero-order valence-electron chi connectivity index (χ0n) is 10.4. The lowest BCUT2D eigenvalue weighted by Gasteiger charge is -2.01. The molecule has 0 saturated heterocycles. The third-order valence-corrected chi connectivity index (χ3v) is 3.53. The van der Waals surface area contributed by atoms with Crippen LogP contribution in [-0.4, -0.2) is 29.0 Å². The van der Waals surface area contributed by atoms with Gasteiger partial charge in [0.05, 0.1) is 13.5 Å². The summed E-state index contributed by atoms with van der Waals surface area (Å²) in [6.45, 7) is 0. The number of halogens is 2. The van der Waals surface area contributed by atoms with Crippen LogP contribution in [0.25, 0.3) is 0 Å². The first-order valence-corrected chi connectivity index (χ1v) is 6.91. The van der Waals surface area contributed by atoms with E-state index in [1.807, 2.05) is 0 Å². The highest BCUT2D eigenvalue weighted by Gasteiger charge is 2.14. The second kappa shape index (κ2) is 6.71. The molecular formula is C12H10ClFN2O3S. The van der Waals surface area contributed by atoms with Gasteiger partial charge in [-0.2, -0.15) is 0 Å². The van der Waals surface area contributed by atoms with Gasteiger partial charge in [0.1, 0.15) is 11.6 Å². The van der Waals surface area contributed by atoms with Gasteiger partial charge in [-0.3, -0.25) is 4.79 Å². The first-order valence-electron chi connectivity index (χ1n) is 5.55. The third kappa shape index (κ3) is 3.71. The molecular weight excluding hydrogens is 307 g/mol. The maximum Gasteiger partial charge on any atom is 0.316 e. The second-order valence-electron chi connectivity index (χ2n) is 3.70. The molecule has 0 radical (unpaired) electrons. The fourth-order valence-electron chi connectivity index (χ4n) is 1.40. The maximum absolute atomic E-state index is 13.6. The summed E-state index contributed by atoms with van der Waals surface area (Å²) in [6, 6.07) is 4.42. The van der Waals surface area contributed by atoms with Crippen LogP contribution in [0.1, 0.15) is 11.5 Å². The first kappa shape index (κ1) is 14.8. The summed E-state index contributed by atoms with van der Waals surface area (Å²) in [4.78, 5) is 11.0. The van der Waals surface area contributed by atoms with Crippen LogP contribution in [0.15, 0.2) is 27.8 Å². The van der Waals surface area contributed by atoms with Crippen molar-refractivity contribution < 1.29 is 18.3 Å². The lowest BCUT2D eigenvalue weighted by atomic mass is 10.1. The Morgan fingerprint density at radius 3 is 3.00 bits per heavy atom. The Balaban J connectivity index is 2.04. The number of aromatic nitrogens is 2. The molecule has 106 valence electrons. The maximum atomic E-state index is 13.6. The number of hydrogen-bond donors (Lipinski definition) is 0. The summed E-state index contributed by atoms with van der Waals surface area (Å²) >= 11 is 6.96. The molecule has 8 heteroatoms. The van der Waals surface area contributed by atoms with Crippen LogP contribution in [0.5, 0.6) is 0 Å². The molecule has 0 bridgehead atoms. The molecule has 0 aliphatic heterocycles. The topological polar surface area (TPSA) is 65.2 Å². The molecule has 0 aliphatic rings. The molecule has 0 amide bonds. The lowest BCUT2D eigenvalue weighted by Crippen LogP contribution is -2.02. The predicted octanol–water partition coefficient (Wildman–Crippen LogP) is 2.72. The van der Waals surface area contributed by atoms with Gasteiger partial charge in [0.15, 0.2) is 0 Å². The minimum atomic E-state index is -0.431. The van der Waals surface area contributed by atoms with Crippen LogP contribution in [0.2, 0.25) is 5.02 Å². The Kier molecular flexibility index (Phi) is 4.97. The molecule has 0 unspecified atom stereocenters. The summed E-state index contributed by atoms with van der Waals surface area (Å²) in [5.74, 6) is -0.533. The van der Waals surface area contributed by atoms with E-state index in [1.165, 1.54) is 19.2 Å². The molecule has 2 rings (SSSR count). The molecule has 1 heterocycles. The summed E-state index contributed by atoms with van der Waals surface area (Å²) < 4.78 is 23.4. The number of hydrogen-bond acceptors (Lipinski definition) is 6. The number of carbonyl (C=O) groups is 1. The van der Waals surface area contributed by atoms with Crippen molar-refractivity contribution in [1.82, 2.24) is 10.2 Å². The van der Waals surface area contributed by atoms with E-state index in [2.05, 4.69) is 14.9 Å². The Bertz CT molecular complexity index is 600. The van der Waals surface area contributed by atoms with Gasteiger partial charge in [0.2, 0.25) is 5.89 Å². The van der Waals surface area contributed by atoms with Crippen molar-refractivity contribution in [2.24, 2.45) is 0 Å². The summed E-state index contributed by atoms with van der Waals surface area (Å²) in [5.41, 5.74) is 0.294. The molecule has 1 aromatic heterocycles. The third-order valence-electron chi connectivity index (χ3n) is 2.38. The zero-order chi connectivity index (χ0) is 14.5. The average molecular weight is 317 g/mol. The monoisotopic (exact) mass is 316 g/mol. The minimum absolute atomic E-state index is 0.0680. The van der Waals surface area contributed by atoms with Crippen LogP contribution in [0, 0.1) is 5.82 Å². The van der Waals surface area contributed by atoms with Gasteiger partial charge in [-0.05, 0) is 12.1 Å². The van der Waals surface area contributed by atoms with Crippen LogP contribution in [0.4, 0.5) is 4.39 Å². The van der Waals surface area contributed by atoms with Gasteiger partial charge >= 0.3 is 5.97 Å². The molecule has 0 spiro atoms. The molecule has 0 aliphatic carbocycles. The Morgan fingerprint density at radius 2 is 2.30 bits per heavy atom. The van der Waals surface area contributed by atoms with E-state index in [4.69, 9.17) is 16.0 Å². The highest BCUT2D eigenvalue weighted by Crippen LogP contribution is 2.23. The van der Waals surface area contributed by atoms with Crippen molar-refractivity contribution >= 4 is 29.3 Å². The SMILES string of the molecule is COC(=O)CSc1nnc(Cc2c(F)cccc2Cl)o1. The van der Waals surface area contributed by atoms with Crippen molar-refractivity contribution in [2.75, 3.05) is 12.9 Å². The normalized spacial score (nSPS) is 10.6. The highest BCUT2D eigenvalue weighted by molar-refractivity contribution is 7.99. The number of thioether (sulfide) groups is 1. The van der Waals surface area contributed by atoms with E-state index in [-0.39, 0.29) is 23.3 Å². The van der Waals surface area contributed by atoms with Gasteiger partial charge < -0.3 is 9.15 Å². The largest absolute Gasteiger partial charge is 0.468 e. The number of ether oxygens (including phenoxy) is 1. The van der Waals surface area contributed by atoms with E-state index >= 15 is 0 Å². The summed E-state index contributed by atoms with van der Waals surface area (Å²) in [7, 11) is 1.29. The summed E-state index contributed by atoms with van der Waals surface area (Å²) in [6.07, 6.45) is 0.0945. The van der Waals surface area contributed by atoms with Crippen LogP contribution in [-0.2, 0) is 16.0 Å². The minimum Gasteiger partial charge on any atom is -0.468 e. The standard InChI is InChI=1S/C12H10ClFN2O3S/c1-18-11(17)6-20-12-16-15-10(19-12)5-7-8(13)3-2-4-9(7)14/h2-4H,5-6H2,1H3. The van der Waals surface area contributed by atoms with Gasteiger partial charge in [-0.15, -0.1) is 10.2 Å². The number of esters is 1. The van der Waals surface area contributed by atoms with Crippen LogP contribution in [0.3, 0.4) is 0 Å². The van der Waals surface area contributed by atoms with Crippen LogP contribution < -0.4 is 0 Å². The quantitative estimate of drug-likeness (QED) is 0.624. The molecule has 0 N–H and O–H groups in total. The molecule has 0 fully saturated rings. The van der Waals surface area contributed by atoms with E-state index in [1.54, 1.807) is 6.07 Å². The Hall–Kier alpha value is -1.60. The fraction of sp³-hybridized carbons (Fsp3) is 0.250. The summed E-state index contributed by atoms with van der Waals surface area (Å²) in [5, 5.41) is 8.05. The van der Waals surface area contributed by atoms with Gasteiger partial charge in [-0.25, -0.2) is 4.39 Å². The number of methoxy groups -OCH3 is 1. The van der Waals surface area contributed by atoms with Crippen molar-refractivity contribution in [3.8, 4) is 0 Å². The molecule has 2 aromatic rings. The van der Waals surface area contributed by atoms with Crippen LogP contribution >= 0.6 is 23.4 Å². The lowest BCUT2D eigenvalue weighted by molar-refractivity contribution is -0.137. The van der Waals surface area contributed by atoms with Gasteiger partial charge in [0, 0.05) is 10.6 Å². The van der Waals surface area contributed by atoms with Crippen molar-refractivity contribution in [2.45, 2.75) is 11.6 Å². The number of nitrogens with zero attached hydrogens (tertiary/aromatic N) is 2. The Labute approximate surface area is 123 Å². The molecule has 1 aromatic carbocycles. The molecule has 20 heavy (non-hydrogen) atoms. The zero-order valence-corrected chi connectivity index (χ0v) is 12.0. The molecule has 0 saturated carbocycles. The van der Waals surface area contributed by atoms with E-state index < -0.39 is 11.8 Å². The number of benzene rings is 1. The Morgan fingerprint density at radius 1 is 1.50 bits per heavy atom. The van der Waals surface area contributed by atoms with Crippen molar-refractivity contribution in [3.05, 3.63) is 40.5 Å². The van der Waals surface area contributed by atoms with E-state index in [0.29, 0.717) is 10.6 Å². The van der Waals surface area contributed by atoms with E-state index in [9.17, 15) is 9.18 Å². The molecule has 5 nitrogen and oxygen atoms in total. The first-order chi connectivity index (χ1) is 9.60. The van der Waals surface area contributed by atoms with E-state index in [0.717, 1.165) is 11.8 Å². The van der Waals surface area contributed by atoms with Gasteiger partial charge in [-0.1, -0.05) is 29.4 Å². The predicted molar refractivity (Wildman–Crippen MR) is 71.3 cm³/mol. The second-order valence-corrected chi connectivity index (χ2v) is 5.04.